The minimum Gasteiger partial charge on any atom is -0.619 e. The second kappa shape index (κ2) is 15.6. The van der Waals surface area contributed by atoms with Gasteiger partial charge in [0, 0.05) is 37.0 Å². The Morgan fingerprint density at radius 1 is 1.04 bits per heavy atom. The number of aromatic nitrogens is 2. The number of carbonyl (C=O) groups is 2. The fourth-order valence-electron chi connectivity index (χ4n) is 6.98. The Balaban J connectivity index is 1.35. The molecule has 1 unspecified atom stereocenters. The second-order valence-electron chi connectivity index (χ2n) is 12.6. The van der Waals surface area contributed by atoms with Gasteiger partial charge < -0.3 is 24.5 Å². The van der Waals surface area contributed by atoms with Crippen LogP contribution in [0.3, 0.4) is 0 Å². The topological polar surface area (TPSA) is 137 Å². The number of nitrogens with zero attached hydrogens (tertiary/aromatic N) is 3. The molecule has 3 saturated heterocycles. The van der Waals surface area contributed by atoms with E-state index in [0.29, 0.717) is 44.4 Å². The van der Waals surface area contributed by atoms with Crippen molar-refractivity contribution in [2.24, 2.45) is 5.92 Å². The van der Waals surface area contributed by atoms with Crippen LogP contribution < -0.4 is 19.5 Å². The van der Waals surface area contributed by atoms with Crippen LogP contribution in [0.1, 0.15) is 63.0 Å². The standard InChI is InChI=1S/C37H38Cl2N4O7/c1-48-32-8-6-24(15-33(32)49-2)27(16-29-30(38)19-43(47)20-31(29)39)28-14-22(5-7-26(28)36(44)45)17-41-35(25-4-3-11-40-18-25)37(46)50-34-21-42-12-9-23(34)10-13-42/h3-8,11,14-15,18-20,23,27,34-35,41H,9-10,12-13,16-17,21H2,1-2H3,(H,44,45)/t27-,34-,35?/m0/s1. The molecule has 262 valence electrons. The number of esters is 1. The number of carboxylic acids is 1. The lowest BCUT2D eigenvalue weighted by molar-refractivity contribution is -0.605. The van der Waals surface area contributed by atoms with Gasteiger partial charge in [0.2, 0.25) is 0 Å². The number of ether oxygens (including phenoxy) is 3. The summed E-state index contributed by atoms with van der Waals surface area (Å²) in [5, 5.41) is 26.1. The molecule has 2 N–H and O–H groups in total. The van der Waals surface area contributed by atoms with E-state index in [-0.39, 0.29) is 40.6 Å². The zero-order valence-electron chi connectivity index (χ0n) is 27.7. The summed E-state index contributed by atoms with van der Waals surface area (Å²) in [5.74, 6) is -0.805. The maximum Gasteiger partial charge on any atom is 0.335 e. The number of halogens is 2. The van der Waals surface area contributed by atoms with Crippen LogP contribution in [0.4, 0.5) is 0 Å². The van der Waals surface area contributed by atoms with Crippen molar-refractivity contribution in [3.63, 3.8) is 0 Å². The molecular weight excluding hydrogens is 683 g/mol. The summed E-state index contributed by atoms with van der Waals surface area (Å²) in [6.45, 7) is 3.01. The number of carboxylic acid groups (broad SMARTS) is 1. The Morgan fingerprint density at radius 3 is 2.40 bits per heavy atom. The molecule has 0 spiro atoms. The van der Waals surface area contributed by atoms with Gasteiger partial charge in [-0.3, -0.25) is 15.2 Å². The van der Waals surface area contributed by atoms with Crippen LogP contribution in [0.5, 0.6) is 11.5 Å². The smallest absolute Gasteiger partial charge is 0.335 e. The zero-order chi connectivity index (χ0) is 35.4. The highest BCUT2D eigenvalue weighted by Gasteiger charge is 2.38. The van der Waals surface area contributed by atoms with Crippen molar-refractivity contribution >= 4 is 35.1 Å². The van der Waals surface area contributed by atoms with Crippen molar-refractivity contribution in [2.75, 3.05) is 33.9 Å². The molecule has 2 aromatic heterocycles. The summed E-state index contributed by atoms with van der Waals surface area (Å²) in [6.07, 6.45) is 7.73. The molecule has 3 aliphatic rings. The molecule has 13 heteroatoms. The zero-order valence-corrected chi connectivity index (χ0v) is 29.2. The van der Waals surface area contributed by atoms with Gasteiger partial charge in [0.15, 0.2) is 23.9 Å². The van der Waals surface area contributed by atoms with Gasteiger partial charge in [-0.2, -0.15) is 4.73 Å². The highest BCUT2D eigenvalue weighted by atomic mass is 35.5. The second-order valence-corrected chi connectivity index (χ2v) is 13.4. The van der Waals surface area contributed by atoms with Gasteiger partial charge in [-0.1, -0.05) is 47.5 Å². The molecule has 3 fully saturated rings. The summed E-state index contributed by atoms with van der Waals surface area (Å²) in [7, 11) is 3.05. The Labute approximate surface area is 300 Å². The van der Waals surface area contributed by atoms with Crippen LogP contribution in [0.15, 0.2) is 73.3 Å². The monoisotopic (exact) mass is 720 g/mol. The van der Waals surface area contributed by atoms with Gasteiger partial charge in [0.25, 0.3) is 0 Å². The summed E-state index contributed by atoms with van der Waals surface area (Å²) in [5.41, 5.74) is 3.11. The van der Waals surface area contributed by atoms with Gasteiger partial charge in [-0.25, -0.2) is 9.59 Å². The molecule has 7 rings (SSSR count). The van der Waals surface area contributed by atoms with Crippen LogP contribution in [0.25, 0.3) is 0 Å². The van der Waals surface area contributed by atoms with Crippen molar-refractivity contribution in [3.05, 3.63) is 122 Å². The van der Waals surface area contributed by atoms with Gasteiger partial charge in [0.05, 0.1) is 19.8 Å². The number of carbonyl (C=O) groups excluding carboxylic acids is 1. The molecule has 4 aromatic rings. The lowest BCUT2D eigenvalue weighted by Crippen LogP contribution is -2.52. The Morgan fingerprint density at radius 2 is 1.78 bits per heavy atom. The molecule has 3 atom stereocenters. The van der Waals surface area contributed by atoms with E-state index in [9.17, 15) is 19.9 Å². The number of fused-ring (bicyclic) bond motifs is 3. The van der Waals surface area contributed by atoms with E-state index < -0.39 is 17.9 Å². The average Bonchev–Trinajstić information content (AvgIpc) is 3.12. The normalized spacial score (nSPS) is 19.4. The van der Waals surface area contributed by atoms with Crippen molar-refractivity contribution in [1.82, 2.24) is 15.2 Å². The molecule has 0 aliphatic carbocycles. The molecule has 0 amide bonds. The number of hydrogen-bond acceptors (Lipinski definition) is 9. The fourth-order valence-corrected chi connectivity index (χ4v) is 7.58. The Kier molecular flexibility index (Phi) is 11.1. The molecule has 2 bridgehead atoms. The van der Waals surface area contributed by atoms with Crippen molar-refractivity contribution in [2.45, 2.75) is 43.9 Å². The molecule has 3 aliphatic heterocycles. The first-order valence-corrected chi connectivity index (χ1v) is 17.1. The van der Waals surface area contributed by atoms with Crippen LogP contribution in [0, 0.1) is 11.1 Å². The molecule has 11 nitrogen and oxygen atoms in total. The number of piperidine rings is 3. The van der Waals surface area contributed by atoms with E-state index in [1.54, 1.807) is 48.8 Å². The third-order valence-electron chi connectivity index (χ3n) is 9.63. The average molecular weight is 722 g/mol. The summed E-state index contributed by atoms with van der Waals surface area (Å²) in [6, 6.07) is 13.2. The largest absolute Gasteiger partial charge is 0.619 e. The maximum atomic E-state index is 13.7. The minimum absolute atomic E-state index is 0.0705. The van der Waals surface area contributed by atoms with Gasteiger partial charge in [-0.15, -0.1) is 0 Å². The molecule has 5 heterocycles. The van der Waals surface area contributed by atoms with Crippen LogP contribution >= 0.6 is 23.2 Å². The summed E-state index contributed by atoms with van der Waals surface area (Å²) < 4.78 is 17.7. The first kappa shape index (κ1) is 35.4. The van der Waals surface area contributed by atoms with E-state index in [2.05, 4.69) is 15.2 Å². The summed E-state index contributed by atoms with van der Waals surface area (Å²) in [4.78, 5) is 33.0. The van der Waals surface area contributed by atoms with Gasteiger partial charge in [0.1, 0.15) is 22.2 Å². The number of pyridine rings is 2. The van der Waals surface area contributed by atoms with E-state index in [1.807, 2.05) is 12.1 Å². The predicted octanol–water partition coefficient (Wildman–Crippen LogP) is 5.58. The van der Waals surface area contributed by atoms with Gasteiger partial charge in [-0.05, 0) is 84.8 Å². The van der Waals surface area contributed by atoms with Crippen molar-refractivity contribution < 1.29 is 33.6 Å². The summed E-state index contributed by atoms with van der Waals surface area (Å²) >= 11 is 13.1. The number of benzene rings is 2. The number of methoxy groups -OCH3 is 2. The predicted molar refractivity (Wildman–Crippen MR) is 187 cm³/mol. The highest BCUT2D eigenvalue weighted by molar-refractivity contribution is 6.35. The first-order chi connectivity index (χ1) is 24.1. The Hall–Kier alpha value is -4.42. The minimum atomic E-state index is -1.12. The number of hydrogen-bond donors (Lipinski definition) is 2. The quantitative estimate of drug-likeness (QED) is 0.102. The van der Waals surface area contributed by atoms with E-state index in [1.165, 1.54) is 26.6 Å². The van der Waals surface area contributed by atoms with E-state index in [4.69, 9.17) is 37.4 Å². The van der Waals surface area contributed by atoms with Crippen LogP contribution in [-0.4, -0.2) is 66.9 Å². The third kappa shape index (κ3) is 7.81. The molecular formula is C37H38Cl2N4O7. The molecule has 0 radical (unpaired) electrons. The van der Waals surface area contributed by atoms with E-state index >= 15 is 0 Å². The number of nitrogens with one attached hydrogen (secondary N) is 1. The third-order valence-corrected chi connectivity index (χ3v) is 10.3. The SMILES string of the molecule is COc1ccc([C@H](Cc2c(Cl)c[n+]([O-])cc2Cl)c2cc(CNC(C(=O)O[C@H]3CN4CCC3CC4)c3cccnc3)ccc2C(=O)O)cc1OC. The number of aromatic carboxylic acids is 1. The van der Waals surface area contributed by atoms with Crippen LogP contribution in [0.2, 0.25) is 10.0 Å². The maximum absolute atomic E-state index is 13.7. The first-order valence-electron chi connectivity index (χ1n) is 16.4. The van der Waals surface area contributed by atoms with Crippen molar-refractivity contribution in [1.29, 1.82) is 0 Å². The van der Waals surface area contributed by atoms with E-state index in [0.717, 1.165) is 38.0 Å². The number of rotatable bonds is 13. The molecule has 2 aromatic carbocycles. The highest BCUT2D eigenvalue weighted by Crippen LogP contribution is 2.39. The lowest BCUT2D eigenvalue weighted by atomic mass is 9.82. The van der Waals surface area contributed by atoms with Gasteiger partial charge >= 0.3 is 11.9 Å². The lowest BCUT2D eigenvalue weighted by Gasteiger charge is -2.44. The van der Waals surface area contributed by atoms with Crippen molar-refractivity contribution in [3.8, 4) is 11.5 Å². The fraction of sp³-hybridized carbons (Fsp3) is 0.351. The van der Waals surface area contributed by atoms with Crippen LogP contribution in [-0.2, 0) is 22.5 Å². The molecule has 0 saturated carbocycles. The Bertz CT molecular complexity index is 1830. The molecule has 50 heavy (non-hydrogen) atoms.